The van der Waals surface area contributed by atoms with E-state index < -0.39 is 0 Å². The maximum atomic E-state index is 5.62. The van der Waals surface area contributed by atoms with Gasteiger partial charge in [0.2, 0.25) is 0 Å². The number of rotatable bonds is 7. The van der Waals surface area contributed by atoms with Crippen LogP contribution in [0.2, 0.25) is 0 Å². The molecule has 0 fully saturated rings. The molecule has 1 heterocycles. The number of nitrogens with zero attached hydrogens (tertiary/aromatic N) is 2. The highest BCUT2D eigenvalue weighted by Crippen LogP contribution is 2.04. The van der Waals surface area contributed by atoms with E-state index in [0.29, 0.717) is 12.7 Å². The van der Waals surface area contributed by atoms with Gasteiger partial charge in [-0.2, -0.15) is 5.10 Å². The van der Waals surface area contributed by atoms with Crippen molar-refractivity contribution in [2.45, 2.75) is 59.3 Å². The van der Waals surface area contributed by atoms with Gasteiger partial charge in [-0.15, -0.1) is 0 Å². The van der Waals surface area contributed by atoms with Crippen LogP contribution >= 0.6 is 0 Å². The van der Waals surface area contributed by atoms with Crippen LogP contribution < -0.4 is 0 Å². The summed E-state index contributed by atoms with van der Waals surface area (Å²) in [6.07, 6.45) is 5.80. The largest absolute Gasteiger partial charge is 0.372 e. The monoisotopic (exact) mass is 210 g/mol. The molecule has 0 spiro atoms. The van der Waals surface area contributed by atoms with Gasteiger partial charge in [0.05, 0.1) is 18.4 Å². The Morgan fingerprint density at radius 1 is 1.47 bits per heavy atom. The molecule has 1 aromatic heterocycles. The Hall–Kier alpha value is -0.830. The van der Waals surface area contributed by atoms with Crippen molar-refractivity contribution in [1.29, 1.82) is 0 Å². The van der Waals surface area contributed by atoms with Crippen molar-refractivity contribution in [1.82, 2.24) is 9.78 Å². The molecule has 1 aromatic rings. The van der Waals surface area contributed by atoms with Crippen molar-refractivity contribution in [3.05, 3.63) is 18.0 Å². The summed E-state index contributed by atoms with van der Waals surface area (Å²) in [7, 11) is 0. The normalized spacial score (nSPS) is 13.0. The van der Waals surface area contributed by atoms with Crippen molar-refractivity contribution in [2.24, 2.45) is 0 Å². The lowest BCUT2D eigenvalue weighted by Gasteiger charge is -2.08. The molecule has 0 aromatic carbocycles. The van der Waals surface area contributed by atoms with Gasteiger partial charge in [-0.1, -0.05) is 20.3 Å². The van der Waals surface area contributed by atoms with Gasteiger partial charge in [-0.25, -0.2) is 0 Å². The van der Waals surface area contributed by atoms with Gasteiger partial charge in [-0.05, 0) is 25.8 Å². The summed E-state index contributed by atoms with van der Waals surface area (Å²) in [5.41, 5.74) is 1.03. The van der Waals surface area contributed by atoms with Crippen LogP contribution in [0.3, 0.4) is 0 Å². The fourth-order valence-electron chi connectivity index (χ4n) is 1.27. The first kappa shape index (κ1) is 12.2. The third-order valence-electron chi connectivity index (χ3n) is 2.53. The molecule has 0 bridgehead atoms. The molecule has 0 saturated carbocycles. The van der Waals surface area contributed by atoms with Gasteiger partial charge in [0, 0.05) is 12.7 Å². The molecular weight excluding hydrogens is 188 g/mol. The molecule has 1 atom stereocenters. The lowest BCUT2D eigenvalue weighted by atomic mass is 10.3. The third-order valence-corrected chi connectivity index (χ3v) is 2.53. The van der Waals surface area contributed by atoms with E-state index in [0.717, 1.165) is 18.7 Å². The zero-order valence-electron chi connectivity index (χ0n) is 10.1. The van der Waals surface area contributed by atoms with Gasteiger partial charge in [0.1, 0.15) is 0 Å². The molecule has 86 valence electrons. The standard InChI is InChI=1S/C12H22N2O/c1-4-6-8-14-9-7-12(13-14)10-15-11(3)5-2/h7,9,11H,4-6,8,10H2,1-3H3/t11-/m0/s1. The minimum atomic E-state index is 0.325. The number of hydrogen-bond acceptors (Lipinski definition) is 2. The first-order chi connectivity index (χ1) is 7.26. The van der Waals surface area contributed by atoms with Crippen LogP contribution in [-0.4, -0.2) is 15.9 Å². The summed E-state index contributed by atoms with van der Waals surface area (Å²) in [5, 5.41) is 4.45. The predicted octanol–water partition coefficient (Wildman–Crippen LogP) is 3.00. The lowest BCUT2D eigenvalue weighted by molar-refractivity contribution is 0.0486. The lowest BCUT2D eigenvalue weighted by Crippen LogP contribution is -2.07. The molecule has 0 radical (unpaired) electrons. The molecule has 0 aliphatic carbocycles. The second kappa shape index (κ2) is 6.62. The minimum absolute atomic E-state index is 0.325. The molecule has 0 N–H and O–H groups in total. The highest BCUT2D eigenvalue weighted by molar-refractivity contribution is 4.97. The Kier molecular flexibility index (Phi) is 5.40. The Morgan fingerprint density at radius 3 is 2.93 bits per heavy atom. The summed E-state index contributed by atoms with van der Waals surface area (Å²) >= 11 is 0. The van der Waals surface area contributed by atoms with Crippen molar-refractivity contribution in [3.8, 4) is 0 Å². The van der Waals surface area contributed by atoms with Gasteiger partial charge in [-0.3, -0.25) is 4.68 Å². The maximum Gasteiger partial charge on any atom is 0.0910 e. The molecule has 0 aliphatic heterocycles. The molecule has 0 saturated heterocycles. The van der Waals surface area contributed by atoms with Crippen LogP contribution in [0.25, 0.3) is 0 Å². The molecule has 0 amide bonds. The molecular formula is C12H22N2O. The quantitative estimate of drug-likeness (QED) is 0.691. The fraction of sp³-hybridized carbons (Fsp3) is 0.750. The zero-order chi connectivity index (χ0) is 11.1. The highest BCUT2D eigenvalue weighted by Gasteiger charge is 2.02. The topological polar surface area (TPSA) is 27.1 Å². The average Bonchev–Trinajstić information content (AvgIpc) is 2.71. The third kappa shape index (κ3) is 4.47. The van der Waals surface area contributed by atoms with E-state index in [1.54, 1.807) is 0 Å². The molecule has 0 unspecified atom stereocenters. The summed E-state index contributed by atoms with van der Waals surface area (Å²) in [5.74, 6) is 0. The number of hydrogen-bond donors (Lipinski definition) is 0. The van der Waals surface area contributed by atoms with E-state index in [4.69, 9.17) is 4.74 Å². The molecule has 15 heavy (non-hydrogen) atoms. The van der Waals surface area contributed by atoms with Crippen LogP contribution in [-0.2, 0) is 17.9 Å². The number of aryl methyl sites for hydroxylation is 1. The second-order valence-electron chi connectivity index (χ2n) is 3.95. The number of unbranched alkanes of at least 4 members (excludes halogenated alkanes) is 1. The van der Waals surface area contributed by atoms with E-state index >= 15 is 0 Å². The maximum absolute atomic E-state index is 5.62. The second-order valence-corrected chi connectivity index (χ2v) is 3.95. The van der Waals surface area contributed by atoms with E-state index in [1.807, 2.05) is 16.9 Å². The summed E-state index contributed by atoms with van der Waals surface area (Å²) in [4.78, 5) is 0. The Balaban J connectivity index is 2.32. The summed E-state index contributed by atoms with van der Waals surface area (Å²) in [6, 6.07) is 2.04. The van der Waals surface area contributed by atoms with Crippen molar-refractivity contribution in [2.75, 3.05) is 0 Å². The molecule has 3 heteroatoms. The summed E-state index contributed by atoms with van der Waals surface area (Å²) < 4.78 is 7.62. The van der Waals surface area contributed by atoms with E-state index in [2.05, 4.69) is 25.9 Å². The van der Waals surface area contributed by atoms with Crippen molar-refractivity contribution < 1.29 is 4.74 Å². The van der Waals surface area contributed by atoms with E-state index in [1.165, 1.54) is 12.8 Å². The van der Waals surface area contributed by atoms with Gasteiger partial charge < -0.3 is 4.74 Å². The van der Waals surface area contributed by atoms with Crippen LogP contribution in [0.1, 0.15) is 45.7 Å². The Bertz CT molecular complexity index is 270. The SMILES string of the molecule is CCCCn1ccc(CO[C@@H](C)CC)n1. The Morgan fingerprint density at radius 2 is 2.27 bits per heavy atom. The van der Waals surface area contributed by atoms with Crippen molar-refractivity contribution >= 4 is 0 Å². The van der Waals surface area contributed by atoms with Crippen molar-refractivity contribution in [3.63, 3.8) is 0 Å². The number of aromatic nitrogens is 2. The first-order valence-corrected chi connectivity index (χ1v) is 5.90. The zero-order valence-corrected chi connectivity index (χ0v) is 10.1. The van der Waals surface area contributed by atoms with Gasteiger partial charge >= 0.3 is 0 Å². The average molecular weight is 210 g/mol. The van der Waals surface area contributed by atoms with Gasteiger partial charge in [0.15, 0.2) is 0 Å². The van der Waals surface area contributed by atoms with Gasteiger partial charge in [0.25, 0.3) is 0 Å². The van der Waals surface area contributed by atoms with Crippen LogP contribution in [0.5, 0.6) is 0 Å². The number of ether oxygens (including phenoxy) is 1. The molecule has 3 nitrogen and oxygen atoms in total. The minimum Gasteiger partial charge on any atom is -0.372 e. The first-order valence-electron chi connectivity index (χ1n) is 5.90. The molecule has 1 rings (SSSR count). The van der Waals surface area contributed by atoms with E-state index in [9.17, 15) is 0 Å². The van der Waals surface area contributed by atoms with Crippen LogP contribution in [0.15, 0.2) is 12.3 Å². The van der Waals surface area contributed by atoms with Crippen LogP contribution in [0.4, 0.5) is 0 Å². The highest BCUT2D eigenvalue weighted by atomic mass is 16.5. The van der Waals surface area contributed by atoms with Crippen LogP contribution in [0, 0.1) is 0 Å². The smallest absolute Gasteiger partial charge is 0.0910 e. The molecule has 0 aliphatic rings. The Labute approximate surface area is 92.4 Å². The predicted molar refractivity (Wildman–Crippen MR) is 61.7 cm³/mol. The summed E-state index contributed by atoms with van der Waals surface area (Å²) in [6.45, 7) is 8.06. The fourth-order valence-corrected chi connectivity index (χ4v) is 1.27. The van der Waals surface area contributed by atoms with E-state index in [-0.39, 0.29) is 0 Å².